The van der Waals surface area contributed by atoms with Crippen LogP contribution in [-0.2, 0) is 26.2 Å². The summed E-state index contributed by atoms with van der Waals surface area (Å²) in [6.07, 6.45) is 0. The first-order valence-corrected chi connectivity index (χ1v) is 14.3. The van der Waals surface area contributed by atoms with Gasteiger partial charge in [0, 0.05) is 17.6 Å². The Labute approximate surface area is 235 Å². The van der Waals surface area contributed by atoms with Crippen molar-refractivity contribution in [2.75, 3.05) is 18.0 Å². The molecule has 0 bridgehead atoms. The number of nitrogens with one attached hydrogen (secondary N) is 1. The molecule has 0 saturated carbocycles. The van der Waals surface area contributed by atoms with Gasteiger partial charge in [0.15, 0.2) is 0 Å². The fourth-order valence-corrected chi connectivity index (χ4v) is 5.43. The molecule has 3 aromatic carbocycles. The quantitative estimate of drug-likeness (QED) is 0.357. The number of ether oxygens (including phenoxy) is 1. The first-order chi connectivity index (χ1) is 18.4. The topological polar surface area (TPSA) is 96.0 Å². The van der Waals surface area contributed by atoms with Crippen LogP contribution in [0.2, 0.25) is 5.02 Å². The Balaban J connectivity index is 2.01. The highest BCUT2D eigenvalue weighted by Gasteiger charge is 2.32. The van der Waals surface area contributed by atoms with Crippen molar-refractivity contribution < 1.29 is 22.7 Å². The van der Waals surface area contributed by atoms with E-state index < -0.39 is 28.5 Å². The van der Waals surface area contributed by atoms with E-state index in [2.05, 4.69) is 5.32 Å². The number of rotatable bonds is 11. The van der Waals surface area contributed by atoms with Crippen molar-refractivity contribution in [1.82, 2.24) is 10.2 Å². The lowest BCUT2D eigenvalue weighted by atomic mass is 10.1. The van der Waals surface area contributed by atoms with Crippen molar-refractivity contribution in [3.05, 3.63) is 88.9 Å². The Hall–Kier alpha value is -3.56. The number of methoxy groups -OCH3 is 1. The molecule has 3 aromatic rings. The second-order valence-electron chi connectivity index (χ2n) is 9.51. The molecule has 0 saturated heterocycles. The van der Waals surface area contributed by atoms with Gasteiger partial charge in [0.1, 0.15) is 18.3 Å². The largest absolute Gasteiger partial charge is 0.497 e. The van der Waals surface area contributed by atoms with E-state index in [1.54, 1.807) is 74.7 Å². The van der Waals surface area contributed by atoms with E-state index in [0.717, 1.165) is 15.4 Å². The van der Waals surface area contributed by atoms with Crippen LogP contribution in [0.15, 0.2) is 77.7 Å². The van der Waals surface area contributed by atoms with Gasteiger partial charge < -0.3 is 15.0 Å². The van der Waals surface area contributed by atoms with Crippen LogP contribution >= 0.6 is 11.6 Å². The molecule has 8 nitrogen and oxygen atoms in total. The lowest BCUT2D eigenvalue weighted by molar-refractivity contribution is -0.139. The minimum absolute atomic E-state index is 0.0446. The Morgan fingerprint density at radius 2 is 1.51 bits per heavy atom. The molecule has 0 heterocycles. The molecular weight excluding hydrogens is 538 g/mol. The first kappa shape index (κ1) is 30.0. The fourth-order valence-electron chi connectivity index (χ4n) is 3.89. The van der Waals surface area contributed by atoms with E-state index in [1.807, 2.05) is 20.8 Å². The third kappa shape index (κ3) is 7.74. The number of amides is 2. The SMILES string of the molecule is COc1ccc(CN(C(=O)CN(c2ccc(Cl)cc2)S(=O)(=O)c2ccc(C)cc2)[C@H](C)C(=O)NC(C)C)cc1. The molecule has 1 N–H and O–H groups in total. The van der Waals surface area contributed by atoms with Gasteiger partial charge in [-0.1, -0.05) is 41.4 Å². The van der Waals surface area contributed by atoms with E-state index >= 15 is 0 Å². The van der Waals surface area contributed by atoms with E-state index in [-0.39, 0.29) is 29.1 Å². The van der Waals surface area contributed by atoms with Gasteiger partial charge >= 0.3 is 0 Å². The van der Waals surface area contributed by atoms with Crippen LogP contribution in [0.4, 0.5) is 5.69 Å². The zero-order chi connectivity index (χ0) is 28.7. The number of sulfonamides is 1. The second kappa shape index (κ2) is 13.0. The predicted octanol–water partition coefficient (Wildman–Crippen LogP) is 4.79. The van der Waals surface area contributed by atoms with Gasteiger partial charge in [-0.2, -0.15) is 0 Å². The summed E-state index contributed by atoms with van der Waals surface area (Å²) in [6.45, 7) is 6.72. The molecule has 0 aromatic heterocycles. The van der Waals surface area contributed by atoms with Gasteiger partial charge in [-0.3, -0.25) is 13.9 Å². The summed E-state index contributed by atoms with van der Waals surface area (Å²) in [5, 5.41) is 3.26. The number of hydrogen-bond donors (Lipinski definition) is 1. The molecule has 39 heavy (non-hydrogen) atoms. The molecule has 208 valence electrons. The standard InChI is InChI=1S/C29H34ClN3O5S/c1-20(2)31-29(35)22(4)32(18-23-8-14-26(38-5)15-9-23)28(34)19-33(25-12-10-24(30)11-13-25)39(36,37)27-16-6-21(3)7-17-27/h6-17,20,22H,18-19H2,1-5H3,(H,31,35)/t22-/m1/s1. The maximum Gasteiger partial charge on any atom is 0.264 e. The molecule has 0 radical (unpaired) electrons. The summed E-state index contributed by atoms with van der Waals surface area (Å²) < 4.78 is 33.9. The van der Waals surface area contributed by atoms with Crippen molar-refractivity contribution in [3.8, 4) is 5.75 Å². The highest BCUT2D eigenvalue weighted by Crippen LogP contribution is 2.26. The van der Waals surface area contributed by atoms with Crippen molar-refractivity contribution in [1.29, 1.82) is 0 Å². The summed E-state index contributed by atoms with van der Waals surface area (Å²) in [4.78, 5) is 28.3. The molecular formula is C29H34ClN3O5S. The van der Waals surface area contributed by atoms with Crippen LogP contribution in [0.1, 0.15) is 31.9 Å². The van der Waals surface area contributed by atoms with E-state index in [9.17, 15) is 18.0 Å². The number of nitrogens with zero attached hydrogens (tertiary/aromatic N) is 2. The Kier molecular flexibility index (Phi) is 9.99. The molecule has 10 heteroatoms. The average Bonchev–Trinajstić information content (AvgIpc) is 2.90. The highest BCUT2D eigenvalue weighted by molar-refractivity contribution is 7.92. The van der Waals surface area contributed by atoms with Crippen molar-refractivity contribution in [2.45, 2.75) is 51.2 Å². The van der Waals surface area contributed by atoms with Gasteiger partial charge in [0.2, 0.25) is 11.8 Å². The van der Waals surface area contributed by atoms with Crippen LogP contribution in [0.3, 0.4) is 0 Å². The molecule has 0 aliphatic heterocycles. The third-order valence-corrected chi connectivity index (χ3v) is 8.15. The molecule has 0 spiro atoms. The van der Waals surface area contributed by atoms with Crippen LogP contribution in [0.5, 0.6) is 5.75 Å². The minimum atomic E-state index is -4.13. The fraction of sp³-hybridized carbons (Fsp3) is 0.310. The number of carbonyl (C=O) groups excluding carboxylic acids is 2. The monoisotopic (exact) mass is 571 g/mol. The number of carbonyl (C=O) groups is 2. The number of aryl methyl sites for hydroxylation is 1. The van der Waals surface area contributed by atoms with Crippen LogP contribution < -0.4 is 14.4 Å². The number of benzene rings is 3. The molecule has 0 unspecified atom stereocenters. The molecule has 0 aliphatic carbocycles. The van der Waals surface area contributed by atoms with Gasteiger partial charge in [0.05, 0.1) is 17.7 Å². The molecule has 3 rings (SSSR count). The van der Waals surface area contributed by atoms with Gasteiger partial charge in [-0.15, -0.1) is 0 Å². The summed E-state index contributed by atoms with van der Waals surface area (Å²) in [5.41, 5.74) is 1.93. The number of anilines is 1. The second-order valence-corrected chi connectivity index (χ2v) is 11.8. The van der Waals surface area contributed by atoms with Gasteiger partial charge in [-0.05, 0) is 81.8 Å². The number of halogens is 1. The van der Waals surface area contributed by atoms with Crippen molar-refractivity contribution >= 4 is 39.1 Å². The zero-order valence-corrected chi connectivity index (χ0v) is 24.3. The van der Waals surface area contributed by atoms with Gasteiger partial charge in [-0.25, -0.2) is 8.42 Å². The average molecular weight is 572 g/mol. The summed E-state index contributed by atoms with van der Waals surface area (Å²) >= 11 is 6.05. The Morgan fingerprint density at radius 1 is 0.923 bits per heavy atom. The van der Waals surface area contributed by atoms with Gasteiger partial charge in [0.25, 0.3) is 10.0 Å². The van der Waals surface area contributed by atoms with E-state index in [0.29, 0.717) is 10.8 Å². The summed E-state index contributed by atoms with van der Waals surface area (Å²) in [7, 11) is -2.57. The zero-order valence-electron chi connectivity index (χ0n) is 22.7. The predicted molar refractivity (Wildman–Crippen MR) is 153 cm³/mol. The van der Waals surface area contributed by atoms with Crippen molar-refractivity contribution in [2.24, 2.45) is 0 Å². The molecule has 1 atom stereocenters. The number of hydrogen-bond acceptors (Lipinski definition) is 5. The lowest BCUT2D eigenvalue weighted by Crippen LogP contribution is -2.52. The highest BCUT2D eigenvalue weighted by atomic mass is 35.5. The maximum absolute atomic E-state index is 13.9. The smallest absolute Gasteiger partial charge is 0.264 e. The lowest BCUT2D eigenvalue weighted by Gasteiger charge is -2.32. The molecule has 0 fully saturated rings. The first-order valence-electron chi connectivity index (χ1n) is 12.5. The third-order valence-electron chi connectivity index (χ3n) is 6.11. The van der Waals surface area contributed by atoms with Crippen LogP contribution in [0.25, 0.3) is 0 Å². The maximum atomic E-state index is 13.9. The van der Waals surface area contributed by atoms with E-state index in [4.69, 9.17) is 16.3 Å². The minimum Gasteiger partial charge on any atom is -0.497 e. The summed E-state index contributed by atoms with van der Waals surface area (Å²) in [6, 6.07) is 18.7. The normalized spacial score (nSPS) is 12.1. The van der Waals surface area contributed by atoms with Crippen LogP contribution in [0, 0.1) is 6.92 Å². The molecule has 2 amide bonds. The Bertz CT molecular complexity index is 1380. The van der Waals surface area contributed by atoms with Crippen LogP contribution in [-0.4, -0.2) is 50.9 Å². The van der Waals surface area contributed by atoms with E-state index in [1.165, 1.54) is 17.0 Å². The summed E-state index contributed by atoms with van der Waals surface area (Å²) in [5.74, 6) is -0.227. The Morgan fingerprint density at radius 3 is 2.05 bits per heavy atom. The van der Waals surface area contributed by atoms with Crippen molar-refractivity contribution in [3.63, 3.8) is 0 Å². The molecule has 0 aliphatic rings.